The first-order chi connectivity index (χ1) is 14.4. The van der Waals surface area contributed by atoms with Gasteiger partial charge in [-0.2, -0.15) is 0 Å². The van der Waals surface area contributed by atoms with E-state index in [1.54, 1.807) is 10.5 Å². The predicted octanol–water partition coefficient (Wildman–Crippen LogP) is 2.95. The van der Waals surface area contributed by atoms with Crippen molar-refractivity contribution in [2.24, 2.45) is 0 Å². The first kappa shape index (κ1) is 22.8. The predicted molar refractivity (Wildman–Crippen MR) is 120 cm³/mol. The fourth-order valence-electron chi connectivity index (χ4n) is 3.95. The lowest BCUT2D eigenvalue weighted by Crippen LogP contribution is -2.35. The van der Waals surface area contributed by atoms with Gasteiger partial charge < -0.3 is 4.90 Å². The number of rotatable bonds is 8. The third-order valence-corrected chi connectivity index (χ3v) is 7.10. The molecule has 0 amide bonds. The highest BCUT2D eigenvalue weighted by Crippen LogP contribution is 2.24. The molecule has 8 heteroatoms. The molecule has 0 saturated carbocycles. The minimum Gasteiger partial charge on any atom is -0.302 e. The van der Waals surface area contributed by atoms with Gasteiger partial charge in [-0.25, -0.2) is 22.7 Å². The second-order valence-corrected chi connectivity index (χ2v) is 9.93. The topological polar surface area (TPSA) is 79.3 Å². The molecule has 2 aromatic rings. The van der Waals surface area contributed by atoms with Crippen molar-refractivity contribution in [2.75, 3.05) is 39.0 Å². The molecular weight excluding hydrogens is 398 g/mol. The van der Waals surface area contributed by atoms with E-state index < -0.39 is 10.0 Å². The Kier molecular flexibility index (Phi) is 7.91. The number of nitrogens with zero attached hydrogens (tertiary/aromatic N) is 5. The number of aromatic nitrogens is 3. The molecule has 3 heterocycles. The van der Waals surface area contributed by atoms with Gasteiger partial charge in [0.15, 0.2) is 5.82 Å². The number of pyridine rings is 1. The zero-order valence-electron chi connectivity index (χ0n) is 18.3. The maximum Gasteiger partial charge on any atom is 0.211 e. The standard InChI is InChI=1S/C22H33N5O2S/c1-4-18(5-2)21-17-19(24-22(25-21)20-9-6-7-11-23-20)10-14-26-12-8-13-27(16-15-26)30(3,28)29/h6-7,9,11,17-18H,4-5,8,10,12-16H2,1-3H3. The van der Waals surface area contributed by atoms with E-state index in [0.717, 1.165) is 62.4 Å². The summed E-state index contributed by atoms with van der Waals surface area (Å²) in [5.74, 6) is 1.10. The second kappa shape index (κ2) is 10.4. The highest BCUT2D eigenvalue weighted by molar-refractivity contribution is 7.88. The van der Waals surface area contributed by atoms with Gasteiger partial charge in [0.25, 0.3) is 0 Å². The number of hydrogen-bond acceptors (Lipinski definition) is 6. The average molecular weight is 432 g/mol. The molecule has 1 aliphatic rings. The van der Waals surface area contributed by atoms with E-state index in [0.29, 0.717) is 24.8 Å². The Morgan fingerprint density at radius 3 is 2.53 bits per heavy atom. The van der Waals surface area contributed by atoms with E-state index in [-0.39, 0.29) is 0 Å². The van der Waals surface area contributed by atoms with Gasteiger partial charge >= 0.3 is 0 Å². The fourth-order valence-corrected chi connectivity index (χ4v) is 4.82. The van der Waals surface area contributed by atoms with Crippen molar-refractivity contribution in [1.29, 1.82) is 0 Å². The smallest absolute Gasteiger partial charge is 0.211 e. The van der Waals surface area contributed by atoms with Gasteiger partial charge in [-0.15, -0.1) is 0 Å². The zero-order valence-corrected chi connectivity index (χ0v) is 19.1. The SMILES string of the molecule is CCC(CC)c1cc(CCN2CCCN(S(C)(=O)=O)CC2)nc(-c2ccccn2)n1. The average Bonchev–Trinajstić information content (AvgIpc) is 3.00. The van der Waals surface area contributed by atoms with Crippen LogP contribution in [-0.4, -0.2) is 71.6 Å². The lowest BCUT2D eigenvalue weighted by molar-refractivity contribution is 0.289. The van der Waals surface area contributed by atoms with Crippen molar-refractivity contribution >= 4 is 10.0 Å². The van der Waals surface area contributed by atoms with Crippen LogP contribution in [0.2, 0.25) is 0 Å². The Labute approximate surface area is 180 Å². The van der Waals surface area contributed by atoms with Crippen LogP contribution in [-0.2, 0) is 16.4 Å². The van der Waals surface area contributed by atoms with Crippen LogP contribution >= 0.6 is 0 Å². The van der Waals surface area contributed by atoms with Crippen molar-refractivity contribution in [3.63, 3.8) is 0 Å². The van der Waals surface area contributed by atoms with E-state index in [1.807, 2.05) is 18.2 Å². The summed E-state index contributed by atoms with van der Waals surface area (Å²) in [6.45, 7) is 8.07. The summed E-state index contributed by atoms with van der Waals surface area (Å²) in [5, 5.41) is 0. The molecule has 3 rings (SSSR count). The Balaban J connectivity index is 1.75. The molecule has 1 saturated heterocycles. The molecule has 0 radical (unpaired) electrons. The summed E-state index contributed by atoms with van der Waals surface area (Å²) in [6.07, 6.45) is 6.82. The largest absolute Gasteiger partial charge is 0.302 e. The third-order valence-electron chi connectivity index (χ3n) is 5.80. The molecule has 0 aliphatic carbocycles. The van der Waals surface area contributed by atoms with Crippen LogP contribution in [0.4, 0.5) is 0 Å². The Hall–Kier alpha value is -1.90. The van der Waals surface area contributed by atoms with Crippen molar-refractivity contribution in [1.82, 2.24) is 24.2 Å². The normalized spacial score (nSPS) is 16.7. The quantitative estimate of drug-likeness (QED) is 0.639. The van der Waals surface area contributed by atoms with Crippen LogP contribution in [0, 0.1) is 0 Å². The molecule has 0 N–H and O–H groups in total. The van der Waals surface area contributed by atoms with Crippen LogP contribution in [0.15, 0.2) is 30.5 Å². The monoisotopic (exact) mass is 431 g/mol. The number of sulfonamides is 1. The van der Waals surface area contributed by atoms with E-state index >= 15 is 0 Å². The van der Waals surface area contributed by atoms with Crippen molar-refractivity contribution in [3.05, 3.63) is 41.9 Å². The highest BCUT2D eigenvalue weighted by atomic mass is 32.2. The van der Waals surface area contributed by atoms with Crippen LogP contribution in [0.25, 0.3) is 11.5 Å². The summed E-state index contributed by atoms with van der Waals surface area (Å²) in [5.41, 5.74) is 2.91. The van der Waals surface area contributed by atoms with E-state index in [9.17, 15) is 8.42 Å². The first-order valence-electron chi connectivity index (χ1n) is 10.9. The zero-order chi connectivity index (χ0) is 21.6. The van der Waals surface area contributed by atoms with Gasteiger partial charge in [-0.3, -0.25) is 4.98 Å². The molecule has 30 heavy (non-hydrogen) atoms. The molecule has 0 aromatic carbocycles. The summed E-state index contributed by atoms with van der Waals surface area (Å²) in [4.78, 5) is 16.4. The molecule has 1 fully saturated rings. The van der Waals surface area contributed by atoms with E-state index in [4.69, 9.17) is 9.97 Å². The Morgan fingerprint density at radius 1 is 1.07 bits per heavy atom. The number of hydrogen-bond donors (Lipinski definition) is 0. The van der Waals surface area contributed by atoms with Crippen LogP contribution in [0.1, 0.15) is 50.4 Å². The molecule has 164 valence electrons. The van der Waals surface area contributed by atoms with Crippen molar-refractivity contribution in [2.45, 2.75) is 45.4 Å². The minimum atomic E-state index is -3.12. The maximum atomic E-state index is 11.8. The second-order valence-electron chi connectivity index (χ2n) is 7.94. The summed E-state index contributed by atoms with van der Waals surface area (Å²) < 4.78 is 25.3. The third kappa shape index (κ3) is 6.06. The maximum absolute atomic E-state index is 11.8. The van der Waals surface area contributed by atoms with E-state index in [2.05, 4.69) is 29.8 Å². The molecule has 0 atom stereocenters. The van der Waals surface area contributed by atoms with Crippen molar-refractivity contribution in [3.8, 4) is 11.5 Å². The molecule has 2 aromatic heterocycles. The van der Waals surface area contributed by atoms with Gasteiger partial charge in [0.05, 0.1) is 6.26 Å². The highest BCUT2D eigenvalue weighted by Gasteiger charge is 2.21. The Bertz CT molecular complexity index is 916. The van der Waals surface area contributed by atoms with Crippen LogP contribution in [0.5, 0.6) is 0 Å². The molecular formula is C22H33N5O2S. The van der Waals surface area contributed by atoms with Gasteiger partial charge in [0.1, 0.15) is 5.69 Å². The van der Waals surface area contributed by atoms with Crippen molar-refractivity contribution < 1.29 is 8.42 Å². The molecule has 1 aliphatic heterocycles. The van der Waals surface area contributed by atoms with Crippen LogP contribution in [0.3, 0.4) is 0 Å². The minimum absolute atomic E-state index is 0.413. The first-order valence-corrected chi connectivity index (χ1v) is 12.7. The van der Waals surface area contributed by atoms with Gasteiger partial charge in [0.2, 0.25) is 10.0 Å². The van der Waals surface area contributed by atoms with Crippen LogP contribution < -0.4 is 0 Å². The van der Waals surface area contributed by atoms with E-state index in [1.165, 1.54) is 6.26 Å². The Morgan fingerprint density at radius 2 is 1.87 bits per heavy atom. The lowest BCUT2D eigenvalue weighted by atomic mass is 9.98. The summed E-state index contributed by atoms with van der Waals surface area (Å²) in [7, 11) is -3.12. The van der Waals surface area contributed by atoms with Gasteiger partial charge in [-0.05, 0) is 44.0 Å². The molecule has 0 bridgehead atoms. The van der Waals surface area contributed by atoms with Gasteiger partial charge in [0, 0.05) is 56.1 Å². The fraction of sp³-hybridized carbons (Fsp3) is 0.591. The lowest BCUT2D eigenvalue weighted by Gasteiger charge is -2.21. The van der Waals surface area contributed by atoms with Gasteiger partial charge in [-0.1, -0.05) is 19.9 Å². The molecule has 7 nitrogen and oxygen atoms in total. The summed E-state index contributed by atoms with van der Waals surface area (Å²) in [6, 6.07) is 7.95. The molecule has 0 unspecified atom stereocenters. The summed E-state index contributed by atoms with van der Waals surface area (Å²) >= 11 is 0. The molecule has 0 spiro atoms.